The van der Waals surface area contributed by atoms with Crippen molar-refractivity contribution >= 4 is 27.6 Å². The van der Waals surface area contributed by atoms with Crippen LogP contribution in [0.4, 0.5) is 0 Å². The molecular weight excluding hydrogens is 282 g/mol. The van der Waals surface area contributed by atoms with Crippen LogP contribution in [0.15, 0.2) is 0 Å². The molecule has 0 radical (unpaired) electrons. The van der Waals surface area contributed by atoms with Crippen molar-refractivity contribution in [3.63, 3.8) is 0 Å². The van der Waals surface area contributed by atoms with Crippen molar-refractivity contribution in [1.82, 2.24) is 4.84 Å². The lowest BCUT2D eigenvalue weighted by Crippen LogP contribution is -2.41. The lowest BCUT2D eigenvalue weighted by atomic mass is 10.1. The van der Waals surface area contributed by atoms with Gasteiger partial charge in [0.15, 0.2) is 9.84 Å². The number of halogens is 1. The molecule has 18 heavy (non-hydrogen) atoms. The van der Waals surface area contributed by atoms with E-state index in [1.165, 1.54) is 6.92 Å². The molecule has 1 N–H and O–H groups in total. The molecule has 0 spiro atoms. The number of esters is 1. The van der Waals surface area contributed by atoms with E-state index in [9.17, 15) is 13.2 Å². The first-order valence-electron chi connectivity index (χ1n) is 5.48. The largest absolute Gasteiger partial charge is 0.463 e. The topological polar surface area (TPSA) is 81.7 Å². The van der Waals surface area contributed by atoms with E-state index in [1.807, 2.05) is 0 Å². The maximum atomic E-state index is 11.7. The van der Waals surface area contributed by atoms with Gasteiger partial charge in [0.05, 0.1) is 24.7 Å². The highest BCUT2D eigenvalue weighted by Gasteiger charge is 2.25. The van der Waals surface area contributed by atoms with Crippen molar-refractivity contribution in [1.29, 1.82) is 0 Å². The molecule has 0 fully saturated rings. The fourth-order valence-corrected chi connectivity index (χ4v) is 3.02. The van der Waals surface area contributed by atoms with E-state index in [4.69, 9.17) is 16.5 Å². The molecule has 108 valence electrons. The number of carbonyl (C=O) groups is 1. The summed E-state index contributed by atoms with van der Waals surface area (Å²) in [5.41, 5.74) is -0.682. The third kappa shape index (κ3) is 9.64. The fourth-order valence-electron chi connectivity index (χ4n) is 1.18. The molecule has 0 amide bonds. The maximum Gasteiger partial charge on any atom is 0.302 e. The van der Waals surface area contributed by atoms with Crippen LogP contribution < -0.4 is 4.84 Å². The second-order valence-corrected chi connectivity index (χ2v) is 6.90. The van der Waals surface area contributed by atoms with Gasteiger partial charge in [-0.1, -0.05) is 0 Å². The Hall–Kier alpha value is -0.370. The summed E-state index contributed by atoms with van der Waals surface area (Å²) < 4.78 is 33.1. The highest BCUT2D eigenvalue weighted by atomic mass is 35.5. The number of hydrogen-bond donors (Lipinski definition) is 1. The van der Waals surface area contributed by atoms with E-state index in [-0.39, 0.29) is 37.3 Å². The Morgan fingerprint density at radius 1 is 1.28 bits per heavy atom. The van der Waals surface area contributed by atoms with Gasteiger partial charge in [-0.15, -0.1) is 0 Å². The molecule has 0 saturated heterocycles. The van der Waals surface area contributed by atoms with Crippen LogP contribution in [0.25, 0.3) is 0 Å². The van der Waals surface area contributed by atoms with E-state index >= 15 is 0 Å². The van der Waals surface area contributed by atoms with Crippen LogP contribution in [0.5, 0.6) is 0 Å². The predicted molar refractivity (Wildman–Crippen MR) is 69.2 cm³/mol. The first-order chi connectivity index (χ1) is 8.18. The Morgan fingerprint density at radius 3 is 2.39 bits per heavy atom. The Balaban J connectivity index is 3.82. The summed E-state index contributed by atoms with van der Waals surface area (Å²) in [7, 11) is -3.23. The standard InChI is InChI=1S/C10H20ClNO5S/c1-9(13)17-5-4-16-6-7-18(14,15)8-10(2,3)12-11/h12H,4-8H2,1-3H3. The molecule has 0 aliphatic rings. The van der Waals surface area contributed by atoms with E-state index in [0.29, 0.717) is 0 Å². The molecule has 6 nitrogen and oxygen atoms in total. The molecular formula is C10H20ClNO5S. The molecule has 0 bridgehead atoms. The Bertz CT molecular complexity index is 355. The van der Waals surface area contributed by atoms with Crippen molar-refractivity contribution < 1.29 is 22.7 Å². The minimum Gasteiger partial charge on any atom is -0.463 e. The number of nitrogens with one attached hydrogen (secondary N) is 1. The molecule has 0 aromatic heterocycles. The van der Waals surface area contributed by atoms with E-state index in [2.05, 4.69) is 9.57 Å². The van der Waals surface area contributed by atoms with Gasteiger partial charge in [-0.3, -0.25) is 4.79 Å². The Kier molecular flexibility index (Phi) is 7.77. The quantitative estimate of drug-likeness (QED) is 0.379. The van der Waals surface area contributed by atoms with E-state index < -0.39 is 15.4 Å². The summed E-state index contributed by atoms with van der Waals surface area (Å²) in [6.07, 6.45) is 0. The average Bonchev–Trinajstić information content (AvgIpc) is 2.21. The SMILES string of the molecule is CC(=O)OCCOCCS(=O)(=O)CC(C)(C)NCl. The zero-order valence-electron chi connectivity index (χ0n) is 10.9. The Morgan fingerprint density at radius 2 is 1.89 bits per heavy atom. The van der Waals surface area contributed by atoms with Crippen LogP contribution >= 0.6 is 11.8 Å². The van der Waals surface area contributed by atoms with E-state index in [0.717, 1.165) is 0 Å². The molecule has 0 aromatic rings. The fraction of sp³-hybridized carbons (Fsp3) is 0.900. The van der Waals surface area contributed by atoms with Gasteiger partial charge < -0.3 is 9.47 Å². The van der Waals surface area contributed by atoms with Gasteiger partial charge in [-0.2, -0.15) is 0 Å². The molecule has 0 heterocycles. The Labute approximate surface area is 113 Å². The highest BCUT2D eigenvalue weighted by Crippen LogP contribution is 2.08. The van der Waals surface area contributed by atoms with Gasteiger partial charge in [0.1, 0.15) is 6.61 Å². The zero-order valence-corrected chi connectivity index (χ0v) is 12.4. The minimum absolute atomic E-state index is 0.0714. The highest BCUT2D eigenvalue weighted by molar-refractivity contribution is 7.91. The van der Waals surface area contributed by atoms with Crippen LogP contribution in [0, 0.1) is 0 Å². The molecule has 0 aliphatic heterocycles. The van der Waals surface area contributed by atoms with Crippen molar-refractivity contribution in [3.8, 4) is 0 Å². The lowest BCUT2D eigenvalue weighted by molar-refractivity contribution is -0.142. The first-order valence-corrected chi connectivity index (χ1v) is 7.68. The van der Waals surface area contributed by atoms with Crippen LogP contribution in [0.3, 0.4) is 0 Å². The summed E-state index contributed by atoms with van der Waals surface area (Å²) in [4.78, 5) is 12.8. The van der Waals surface area contributed by atoms with Gasteiger partial charge in [-0.25, -0.2) is 13.3 Å². The van der Waals surface area contributed by atoms with Crippen LogP contribution in [0.2, 0.25) is 0 Å². The van der Waals surface area contributed by atoms with Crippen molar-refractivity contribution in [2.75, 3.05) is 31.3 Å². The van der Waals surface area contributed by atoms with Crippen molar-refractivity contribution in [3.05, 3.63) is 0 Å². The summed E-state index contributed by atoms with van der Waals surface area (Å²) in [6, 6.07) is 0. The molecule has 0 rings (SSSR count). The second kappa shape index (κ2) is 7.93. The first kappa shape index (κ1) is 17.6. The summed E-state index contributed by atoms with van der Waals surface area (Å²) in [5, 5.41) is 0. The number of ether oxygens (including phenoxy) is 2. The molecule has 0 aliphatic carbocycles. The van der Waals surface area contributed by atoms with Gasteiger partial charge in [0.2, 0.25) is 0 Å². The van der Waals surface area contributed by atoms with E-state index in [1.54, 1.807) is 13.8 Å². The summed E-state index contributed by atoms with van der Waals surface area (Å²) >= 11 is 5.44. The maximum absolute atomic E-state index is 11.7. The number of hydrogen-bond acceptors (Lipinski definition) is 6. The monoisotopic (exact) mass is 301 g/mol. The molecule has 0 saturated carbocycles. The molecule has 0 aromatic carbocycles. The minimum atomic E-state index is -3.23. The summed E-state index contributed by atoms with van der Waals surface area (Å²) in [5.74, 6) is -0.549. The average molecular weight is 302 g/mol. The third-order valence-electron chi connectivity index (χ3n) is 1.91. The number of rotatable bonds is 9. The molecule has 8 heteroatoms. The zero-order chi connectivity index (χ0) is 14.2. The predicted octanol–water partition coefficient (Wildman–Crippen LogP) is 0.503. The van der Waals surface area contributed by atoms with Gasteiger partial charge in [0.25, 0.3) is 0 Å². The summed E-state index contributed by atoms with van der Waals surface area (Å²) in [6.45, 7) is 5.07. The van der Waals surface area contributed by atoms with Crippen molar-refractivity contribution in [2.24, 2.45) is 0 Å². The molecule has 0 unspecified atom stereocenters. The van der Waals surface area contributed by atoms with Crippen LogP contribution in [-0.2, 0) is 24.1 Å². The lowest BCUT2D eigenvalue weighted by Gasteiger charge is -2.21. The van der Waals surface area contributed by atoms with Crippen LogP contribution in [0.1, 0.15) is 20.8 Å². The molecule has 0 atom stereocenters. The van der Waals surface area contributed by atoms with Gasteiger partial charge in [-0.05, 0) is 25.6 Å². The van der Waals surface area contributed by atoms with Crippen molar-refractivity contribution in [2.45, 2.75) is 26.3 Å². The van der Waals surface area contributed by atoms with Crippen LogP contribution in [-0.4, -0.2) is 51.3 Å². The third-order valence-corrected chi connectivity index (χ3v) is 4.37. The second-order valence-electron chi connectivity index (χ2n) is 4.52. The number of sulfone groups is 1. The van der Waals surface area contributed by atoms with Gasteiger partial charge >= 0.3 is 5.97 Å². The smallest absolute Gasteiger partial charge is 0.302 e. The number of carbonyl (C=O) groups excluding carboxylic acids is 1. The van der Waals surface area contributed by atoms with Gasteiger partial charge in [0, 0.05) is 12.5 Å². The normalized spacial score (nSPS) is 12.4.